The molecule has 0 amide bonds. The normalized spacial score (nSPS) is 12.9. The third-order valence-corrected chi connectivity index (χ3v) is 1.62. The molecule has 1 aromatic carbocycles. The molecule has 1 nitrogen and oxygen atoms in total. The van der Waals surface area contributed by atoms with Crippen molar-refractivity contribution in [3.63, 3.8) is 0 Å². The highest BCUT2D eigenvalue weighted by Gasteiger charge is 1.98. The van der Waals surface area contributed by atoms with Crippen LogP contribution < -0.4 is 0 Å². The second kappa shape index (κ2) is 3.42. The van der Waals surface area contributed by atoms with Gasteiger partial charge in [0, 0.05) is 0 Å². The van der Waals surface area contributed by atoms with E-state index in [2.05, 4.69) is 12.1 Å². The number of benzene rings is 1. The fraction of sp³-hybridized carbons (Fsp3) is 0.250. The highest BCUT2D eigenvalue weighted by molar-refractivity contribution is 5.98. The third-order valence-electron chi connectivity index (χ3n) is 1.62. The minimum atomic E-state index is 0.209. The molecule has 0 aliphatic rings. The van der Waals surface area contributed by atoms with E-state index in [4.69, 9.17) is 4.65 Å². The van der Waals surface area contributed by atoms with Gasteiger partial charge in [-0.3, -0.25) is 0 Å². The fourth-order valence-corrected chi connectivity index (χ4v) is 0.860. The molecule has 0 radical (unpaired) electrons. The standard InChI is InChI=1S/C8H11BO/c1-7(10-9)8-5-3-2-4-6-8/h2-7H,9H2,1H3. The summed E-state index contributed by atoms with van der Waals surface area (Å²) in [5, 5.41) is 0. The Labute approximate surface area is 62.5 Å². The van der Waals surface area contributed by atoms with Crippen LogP contribution in [0.25, 0.3) is 0 Å². The molecule has 0 heterocycles. The van der Waals surface area contributed by atoms with Crippen LogP contribution in [0.3, 0.4) is 0 Å². The van der Waals surface area contributed by atoms with E-state index in [1.54, 1.807) is 8.05 Å². The van der Waals surface area contributed by atoms with E-state index in [0.717, 1.165) is 0 Å². The molecular formula is C8H11BO. The van der Waals surface area contributed by atoms with Crippen molar-refractivity contribution in [3.05, 3.63) is 35.9 Å². The molecule has 0 aromatic heterocycles. The van der Waals surface area contributed by atoms with Gasteiger partial charge in [0.15, 0.2) is 0 Å². The summed E-state index contributed by atoms with van der Waals surface area (Å²) in [5.41, 5.74) is 1.23. The Balaban J connectivity index is 2.75. The largest absolute Gasteiger partial charge is 0.438 e. The van der Waals surface area contributed by atoms with Gasteiger partial charge >= 0.3 is 0 Å². The molecule has 1 aromatic rings. The lowest BCUT2D eigenvalue weighted by Gasteiger charge is -2.08. The van der Waals surface area contributed by atoms with Crippen LogP contribution in [-0.2, 0) is 4.65 Å². The van der Waals surface area contributed by atoms with E-state index in [0.29, 0.717) is 0 Å². The monoisotopic (exact) mass is 134 g/mol. The summed E-state index contributed by atoms with van der Waals surface area (Å²) in [6.45, 7) is 2.04. The SMILES string of the molecule is BOC(C)c1ccccc1. The van der Waals surface area contributed by atoms with Crippen molar-refractivity contribution in [2.45, 2.75) is 13.0 Å². The first-order chi connectivity index (χ1) is 4.84. The molecule has 10 heavy (non-hydrogen) atoms. The quantitative estimate of drug-likeness (QED) is 0.554. The lowest BCUT2D eigenvalue weighted by Crippen LogP contribution is -1.95. The Bertz CT molecular complexity index is 186. The van der Waals surface area contributed by atoms with Gasteiger partial charge in [-0.2, -0.15) is 0 Å². The topological polar surface area (TPSA) is 9.23 Å². The van der Waals surface area contributed by atoms with Crippen molar-refractivity contribution >= 4 is 8.05 Å². The van der Waals surface area contributed by atoms with Crippen molar-refractivity contribution in [2.75, 3.05) is 0 Å². The molecule has 1 rings (SSSR count). The van der Waals surface area contributed by atoms with Crippen LogP contribution in [0, 0.1) is 0 Å². The van der Waals surface area contributed by atoms with Crippen molar-refractivity contribution in [1.29, 1.82) is 0 Å². The highest BCUT2D eigenvalue weighted by Crippen LogP contribution is 2.13. The summed E-state index contributed by atoms with van der Waals surface area (Å²) < 4.78 is 5.14. The Hall–Kier alpha value is -0.755. The Morgan fingerprint density at radius 2 is 1.90 bits per heavy atom. The average Bonchev–Trinajstić information content (AvgIpc) is 2.05. The summed E-state index contributed by atoms with van der Waals surface area (Å²) in [6, 6.07) is 10.2. The highest BCUT2D eigenvalue weighted by atomic mass is 16.4. The van der Waals surface area contributed by atoms with Crippen LogP contribution in [0.5, 0.6) is 0 Å². The zero-order valence-electron chi connectivity index (χ0n) is 6.37. The zero-order chi connectivity index (χ0) is 7.40. The van der Waals surface area contributed by atoms with Gasteiger partial charge in [0.05, 0.1) is 6.10 Å². The van der Waals surface area contributed by atoms with Crippen molar-refractivity contribution < 1.29 is 4.65 Å². The second-order valence-corrected chi connectivity index (χ2v) is 2.29. The van der Waals surface area contributed by atoms with E-state index in [1.165, 1.54) is 5.56 Å². The lowest BCUT2D eigenvalue weighted by molar-refractivity contribution is 0.251. The first-order valence-corrected chi connectivity index (χ1v) is 3.42. The van der Waals surface area contributed by atoms with Crippen LogP contribution in [0.1, 0.15) is 18.6 Å². The van der Waals surface area contributed by atoms with E-state index >= 15 is 0 Å². The van der Waals surface area contributed by atoms with Gasteiger partial charge in [0.25, 0.3) is 8.05 Å². The molecule has 0 saturated carbocycles. The second-order valence-electron chi connectivity index (χ2n) is 2.29. The van der Waals surface area contributed by atoms with Crippen LogP contribution in [0.2, 0.25) is 0 Å². The van der Waals surface area contributed by atoms with Crippen molar-refractivity contribution in [3.8, 4) is 0 Å². The molecule has 0 N–H and O–H groups in total. The Morgan fingerprint density at radius 3 is 2.40 bits per heavy atom. The van der Waals surface area contributed by atoms with Crippen molar-refractivity contribution in [1.82, 2.24) is 0 Å². The third kappa shape index (κ3) is 1.61. The summed E-state index contributed by atoms with van der Waals surface area (Å²) in [4.78, 5) is 0. The van der Waals surface area contributed by atoms with E-state index in [-0.39, 0.29) is 6.10 Å². The van der Waals surface area contributed by atoms with Crippen LogP contribution in [-0.4, -0.2) is 8.05 Å². The van der Waals surface area contributed by atoms with Gasteiger partial charge in [0.2, 0.25) is 0 Å². The lowest BCUT2D eigenvalue weighted by atomic mass is 10.1. The van der Waals surface area contributed by atoms with Crippen LogP contribution >= 0.6 is 0 Å². The Morgan fingerprint density at radius 1 is 1.30 bits per heavy atom. The fourth-order valence-electron chi connectivity index (χ4n) is 0.860. The molecule has 0 fully saturated rings. The molecule has 0 aliphatic heterocycles. The molecule has 0 bridgehead atoms. The summed E-state index contributed by atoms with van der Waals surface area (Å²) in [6.07, 6.45) is 0.209. The minimum absolute atomic E-state index is 0.209. The molecular weight excluding hydrogens is 123 g/mol. The summed E-state index contributed by atoms with van der Waals surface area (Å²) >= 11 is 0. The maximum Gasteiger partial charge on any atom is 0.258 e. The van der Waals surface area contributed by atoms with Crippen LogP contribution in [0.15, 0.2) is 30.3 Å². The first-order valence-electron chi connectivity index (χ1n) is 3.42. The van der Waals surface area contributed by atoms with Gasteiger partial charge in [-0.25, -0.2) is 0 Å². The molecule has 2 heteroatoms. The zero-order valence-corrected chi connectivity index (χ0v) is 6.37. The molecule has 1 atom stereocenters. The molecule has 52 valence electrons. The maximum absolute atomic E-state index is 5.14. The van der Waals surface area contributed by atoms with Gasteiger partial charge in [-0.05, 0) is 12.5 Å². The first kappa shape index (κ1) is 7.35. The van der Waals surface area contributed by atoms with E-state index in [9.17, 15) is 0 Å². The summed E-state index contributed by atoms with van der Waals surface area (Å²) in [5.74, 6) is 0. The predicted molar refractivity (Wildman–Crippen MR) is 44.5 cm³/mol. The smallest absolute Gasteiger partial charge is 0.258 e. The molecule has 1 unspecified atom stereocenters. The number of hydrogen-bond acceptors (Lipinski definition) is 1. The van der Waals surface area contributed by atoms with Gasteiger partial charge < -0.3 is 4.65 Å². The number of hydrogen-bond donors (Lipinski definition) is 0. The van der Waals surface area contributed by atoms with Crippen molar-refractivity contribution in [2.24, 2.45) is 0 Å². The van der Waals surface area contributed by atoms with E-state index in [1.807, 2.05) is 25.1 Å². The van der Waals surface area contributed by atoms with Gasteiger partial charge in [-0.15, -0.1) is 0 Å². The van der Waals surface area contributed by atoms with Gasteiger partial charge in [0.1, 0.15) is 0 Å². The van der Waals surface area contributed by atoms with E-state index < -0.39 is 0 Å². The Kier molecular flexibility index (Phi) is 2.52. The minimum Gasteiger partial charge on any atom is -0.438 e. The van der Waals surface area contributed by atoms with Gasteiger partial charge in [-0.1, -0.05) is 30.3 Å². The maximum atomic E-state index is 5.14. The average molecular weight is 134 g/mol. The molecule has 0 saturated heterocycles. The molecule has 0 aliphatic carbocycles. The summed E-state index contributed by atoms with van der Waals surface area (Å²) in [7, 11) is 1.72. The number of rotatable bonds is 2. The van der Waals surface area contributed by atoms with Crippen LogP contribution in [0.4, 0.5) is 0 Å². The molecule has 0 spiro atoms. The predicted octanol–water partition coefficient (Wildman–Crippen LogP) is 1.31.